The first-order chi connectivity index (χ1) is 33.9. The maximum atomic E-state index is 6.98. The van der Waals surface area contributed by atoms with Crippen LogP contribution in [0.4, 0.5) is 0 Å². The number of ether oxygens (including phenoxy) is 1. The quantitative estimate of drug-likeness (QED) is 0.159. The molecule has 5 nitrogen and oxygen atoms in total. The molecule has 2 atom stereocenters. The van der Waals surface area contributed by atoms with Crippen LogP contribution >= 0.6 is 0 Å². The standard InChI is InChI=1S/C65H64N4O.Pt/c1-42-27-32-56(55-39-48(28-30-50(42)55)70-49-29-31-54-53-21-14-15-24-57(53)69(60(54)40-49)61-38-45(33-34-66-61)63(2,3)4)67-41-68(59-26-17-16-25-58(59)67)62-51(43-19-12-11-13-20-43)22-18-23-52(62)44-35-46(64(5,6)7)37-47(36-44)65(8,9)10;/h11-26,28-31,33-40,42,56H,27,32H2,1-10H3;. The summed E-state index contributed by atoms with van der Waals surface area (Å²) >= 11 is 2.63. The van der Waals surface area contributed by atoms with E-state index < -0.39 is 0 Å². The Bertz CT molecular complexity index is 3700. The summed E-state index contributed by atoms with van der Waals surface area (Å²) in [7, 11) is 0. The van der Waals surface area contributed by atoms with Crippen LogP contribution in [-0.2, 0) is 35.6 Å². The van der Waals surface area contributed by atoms with Crippen molar-refractivity contribution in [3.8, 4) is 45.3 Å². The van der Waals surface area contributed by atoms with Crippen LogP contribution in [0.1, 0.15) is 122 Å². The van der Waals surface area contributed by atoms with E-state index in [9.17, 15) is 0 Å². The van der Waals surface area contributed by atoms with Crippen LogP contribution in [0.5, 0.6) is 11.5 Å². The van der Waals surface area contributed by atoms with Crippen molar-refractivity contribution in [1.82, 2.24) is 18.7 Å². The third-order valence-electron chi connectivity index (χ3n) is 14.9. The van der Waals surface area contributed by atoms with Gasteiger partial charge in [0, 0.05) is 6.20 Å². The Morgan fingerprint density at radius 3 is 1.80 bits per heavy atom. The Labute approximate surface area is 430 Å². The number of para-hydroxylation sites is 4. The van der Waals surface area contributed by atoms with Gasteiger partial charge in [0.1, 0.15) is 0 Å². The van der Waals surface area contributed by atoms with Gasteiger partial charge in [-0.05, 0) is 29.2 Å². The van der Waals surface area contributed by atoms with Crippen molar-refractivity contribution in [3.63, 3.8) is 0 Å². The number of fused-ring (bicyclic) bond motifs is 5. The van der Waals surface area contributed by atoms with Gasteiger partial charge in [0.05, 0.1) is 0 Å². The number of benzene rings is 7. The summed E-state index contributed by atoms with van der Waals surface area (Å²) in [6.07, 6.45) is 4.04. The SMILES string of the molecule is CC1CCC(n2[c](=[Pt])n(-c3c(-c4ccccc4)cccc3-c3cc(C(C)(C)C)cc(C(C)(C)C)c3)c3ccccc32)c2cc(Oc3ccc4c5ccccc5n(-c5cc(C(C)(C)C)ccn5)c4c3)ccc21. The molecule has 3 heterocycles. The minimum atomic E-state index is -0.0259. The van der Waals surface area contributed by atoms with Gasteiger partial charge in [0.25, 0.3) is 0 Å². The van der Waals surface area contributed by atoms with Crippen LogP contribution in [-0.4, -0.2) is 18.7 Å². The average molecular weight is 1110 g/mol. The van der Waals surface area contributed by atoms with Gasteiger partial charge in [-0.3, -0.25) is 0 Å². The van der Waals surface area contributed by atoms with E-state index in [1.165, 1.54) is 77.6 Å². The molecule has 0 amide bonds. The topological polar surface area (TPSA) is 36.9 Å². The number of aromatic nitrogens is 4. The molecule has 1 aliphatic rings. The maximum absolute atomic E-state index is 6.98. The molecule has 0 N–H and O–H groups in total. The fraction of sp³-hybridized carbons (Fsp3) is 0.262. The normalized spacial score (nSPS) is 15.4. The van der Waals surface area contributed by atoms with Crippen LogP contribution in [0, 0.1) is 3.80 Å². The molecule has 0 aliphatic heterocycles. The molecule has 11 rings (SSSR count). The second-order valence-corrected chi connectivity index (χ2v) is 23.9. The number of hydrogen-bond acceptors (Lipinski definition) is 2. The molecule has 0 spiro atoms. The van der Waals surface area contributed by atoms with E-state index in [0.717, 1.165) is 45.0 Å². The summed E-state index contributed by atoms with van der Waals surface area (Å²) in [5, 5.41) is 2.37. The summed E-state index contributed by atoms with van der Waals surface area (Å²) in [5.74, 6) is 2.96. The number of imidazole rings is 1. The Kier molecular flexibility index (Phi) is 11.6. The summed E-state index contributed by atoms with van der Waals surface area (Å²) in [5.41, 5.74) is 17.2. The minimum absolute atomic E-state index is 0.0114. The van der Waals surface area contributed by atoms with Gasteiger partial charge in [-0.25, -0.2) is 4.98 Å². The van der Waals surface area contributed by atoms with E-state index in [4.69, 9.17) is 9.72 Å². The predicted octanol–water partition coefficient (Wildman–Crippen LogP) is 17.5. The summed E-state index contributed by atoms with van der Waals surface area (Å²) in [6, 6.07) is 60.5. The zero-order valence-electron chi connectivity index (χ0n) is 42.7. The monoisotopic (exact) mass is 1110 g/mol. The second-order valence-electron chi connectivity index (χ2n) is 22.9. The zero-order valence-corrected chi connectivity index (χ0v) is 45.0. The fourth-order valence-corrected chi connectivity index (χ4v) is 12.1. The van der Waals surface area contributed by atoms with Crippen molar-refractivity contribution in [3.05, 3.63) is 202 Å². The van der Waals surface area contributed by atoms with Gasteiger partial charge in [-0.1, -0.05) is 39.0 Å². The average Bonchev–Trinajstić information content (AvgIpc) is 3.83. The second kappa shape index (κ2) is 17.6. The molecule has 0 fully saturated rings. The van der Waals surface area contributed by atoms with Crippen LogP contribution in [0.3, 0.4) is 0 Å². The molecular weight excluding hydrogens is 1050 g/mol. The zero-order chi connectivity index (χ0) is 49.6. The first-order valence-electron chi connectivity index (χ1n) is 25.3. The van der Waals surface area contributed by atoms with E-state index >= 15 is 0 Å². The summed E-state index contributed by atoms with van der Waals surface area (Å²) in [4.78, 5) is 4.93. The van der Waals surface area contributed by atoms with E-state index in [0.29, 0.717) is 5.92 Å². The third-order valence-corrected chi connectivity index (χ3v) is 16.0. The Morgan fingerprint density at radius 1 is 0.493 bits per heavy atom. The molecule has 0 bridgehead atoms. The van der Waals surface area contributed by atoms with Gasteiger partial charge in [-0.15, -0.1) is 0 Å². The molecular formula is C65H64N4OPt. The van der Waals surface area contributed by atoms with E-state index in [1.54, 1.807) is 0 Å². The molecule has 2 unspecified atom stereocenters. The molecule has 10 aromatic rings. The molecule has 71 heavy (non-hydrogen) atoms. The summed E-state index contributed by atoms with van der Waals surface area (Å²) < 4.78 is 15.6. The van der Waals surface area contributed by atoms with Crippen molar-refractivity contribution in [1.29, 1.82) is 0 Å². The number of nitrogens with zero attached hydrogens (tertiary/aromatic N) is 4. The molecule has 1 aliphatic carbocycles. The van der Waals surface area contributed by atoms with Crippen molar-refractivity contribution in [2.45, 2.75) is 110 Å². The van der Waals surface area contributed by atoms with E-state index in [2.05, 4.69) is 266 Å². The molecule has 3 aromatic heterocycles. The van der Waals surface area contributed by atoms with E-state index in [1.807, 2.05) is 6.20 Å². The fourth-order valence-electron chi connectivity index (χ4n) is 10.9. The van der Waals surface area contributed by atoms with Crippen LogP contribution in [0.15, 0.2) is 170 Å². The summed E-state index contributed by atoms with van der Waals surface area (Å²) in [6.45, 7) is 23.1. The van der Waals surface area contributed by atoms with Gasteiger partial charge >= 0.3 is 353 Å². The molecule has 6 heteroatoms. The molecule has 0 radical (unpaired) electrons. The van der Waals surface area contributed by atoms with Gasteiger partial charge in [0.15, 0.2) is 0 Å². The Hall–Kier alpha value is -6.55. The van der Waals surface area contributed by atoms with Crippen LogP contribution < -0.4 is 4.74 Å². The molecule has 7 aromatic carbocycles. The van der Waals surface area contributed by atoms with E-state index in [-0.39, 0.29) is 22.3 Å². The third kappa shape index (κ3) is 8.44. The Morgan fingerprint density at radius 2 is 1.10 bits per heavy atom. The van der Waals surface area contributed by atoms with Crippen molar-refractivity contribution in [2.24, 2.45) is 0 Å². The number of pyridine rings is 1. The van der Waals surface area contributed by atoms with Crippen molar-refractivity contribution < 1.29 is 24.1 Å². The number of hydrogen-bond donors (Lipinski definition) is 0. The predicted molar refractivity (Wildman–Crippen MR) is 292 cm³/mol. The number of rotatable bonds is 7. The van der Waals surface area contributed by atoms with Crippen LogP contribution in [0.25, 0.3) is 66.6 Å². The van der Waals surface area contributed by atoms with Crippen molar-refractivity contribution in [2.75, 3.05) is 0 Å². The molecule has 0 saturated carbocycles. The Balaban J connectivity index is 1.07. The van der Waals surface area contributed by atoms with Gasteiger partial charge in [0.2, 0.25) is 0 Å². The first kappa shape index (κ1) is 46.8. The first-order valence-corrected chi connectivity index (χ1v) is 26.4. The van der Waals surface area contributed by atoms with Gasteiger partial charge < -0.3 is 0 Å². The van der Waals surface area contributed by atoms with Gasteiger partial charge in [-0.2, -0.15) is 0 Å². The molecule has 360 valence electrons. The molecule has 0 saturated heterocycles. The van der Waals surface area contributed by atoms with Crippen molar-refractivity contribution >= 4 is 32.8 Å². The van der Waals surface area contributed by atoms with Crippen LogP contribution in [0.2, 0.25) is 0 Å².